The van der Waals surface area contributed by atoms with E-state index in [0.29, 0.717) is 6.54 Å². The summed E-state index contributed by atoms with van der Waals surface area (Å²) in [7, 11) is 3.34. The molecule has 0 spiro atoms. The summed E-state index contributed by atoms with van der Waals surface area (Å²) >= 11 is 0. The Labute approximate surface area is 201 Å². The van der Waals surface area contributed by atoms with Gasteiger partial charge in [-0.25, -0.2) is 0 Å². The van der Waals surface area contributed by atoms with Crippen LogP contribution >= 0.6 is 0 Å². The number of carbonyl (C=O) groups excluding carboxylic acids is 1. The average molecular weight is 455 g/mol. The molecular formula is C29H30N2O3. The van der Waals surface area contributed by atoms with Gasteiger partial charge in [0.1, 0.15) is 11.5 Å². The minimum absolute atomic E-state index is 0.0694. The lowest BCUT2D eigenvalue weighted by Gasteiger charge is -2.19. The molecule has 1 N–H and O–H groups in total. The summed E-state index contributed by atoms with van der Waals surface area (Å²) in [4.78, 5) is 16.5. The topological polar surface area (TPSA) is 60.5 Å². The van der Waals surface area contributed by atoms with Crippen molar-refractivity contribution in [3.63, 3.8) is 0 Å². The Morgan fingerprint density at radius 3 is 2.24 bits per heavy atom. The Morgan fingerprint density at radius 1 is 1.03 bits per heavy atom. The predicted molar refractivity (Wildman–Crippen MR) is 135 cm³/mol. The van der Waals surface area contributed by atoms with Gasteiger partial charge in [-0.3, -0.25) is 9.78 Å². The number of nitrogens with zero attached hydrogens (tertiary/aromatic N) is 1. The van der Waals surface area contributed by atoms with Gasteiger partial charge in [0, 0.05) is 24.4 Å². The normalized spacial score (nSPS) is 16.5. The molecule has 0 radical (unpaired) electrons. The van der Waals surface area contributed by atoms with Crippen LogP contribution in [0.15, 0.2) is 91.3 Å². The highest BCUT2D eigenvalue weighted by Crippen LogP contribution is 2.59. The monoisotopic (exact) mass is 454 g/mol. The van der Waals surface area contributed by atoms with E-state index in [1.54, 1.807) is 26.5 Å². The maximum Gasteiger partial charge on any atom is 0.243 e. The minimum Gasteiger partial charge on any atom is -0.497 e. The lowest BCUT2D eigenvalue weighted by Crippen LogP contribution is -2.21. The Balaban J connectivity index is 1.39. The summed E-state index contributed by atoms with van der Waals surface area (Å²) in [5, 5.41) is 2.96. The zero-order valence-corrected chi connectivity index (χ0v) is 19.6. The van der Waals surface area contributed by atoms with Crippen LogP contribution in [0, 0.1) is 5.92 Å². The molecule has 1 heterocycles. The molecule has 4 rings (SSSR count). The van der Waals surface area contributed by atoms with Crippen LogP contribution in [0.4, 0.5) is 0 Å². The van der Waals surface area contributed by atoms with Crippen molar-refractivity contribution in [2.75, 3.05) is 20.8 Å². The number of aromatic nitrogens is 1. The molecule has 1 fully saturated rings. The second-order valence-corrected chi connectivity index (χ2v) is 8.37. The quantitative estimate of drug-likeness (QED) is 0.339. The summed E-state index contributed by atoms with van der Waals surface area (Å²) in [6.07, 6.45) is 13.0. The van der Waals surface area contributed by atoms with E-state index in [4.69, 9.17) is 9.47 Å². The van der Waals surface area contributed by atoms with Crippen molar-refractivity contribution in [1.29, 1.82) is 0 Å². The fourth-order valence-electron chi connectivity index (χ4n) is 4.36. The fourth-order valence-corrected chi connectivity index (χ4v) is 4.36. The maximum absolute atomic E-state index is 12.4. The van der Waals surface area contributed by atoms with Crippen molar-refractivity contribution in [2.45, 2.75) is 18.3 Å². The van der Waals surface area contributed by atoms with Crippen molar-refractivity contribution in [3.05, 3.63) is 108 Å². The van der Waals surface area contributed by atoms with Crippen LogP contribution in [-0.2, 0) is 10.2 Å². The highest BCUT2D eigenvalue weighted by Gasteiger charge is 2.55. The van der Waals surface area contributed by atoms with E-state index < -0.39 is 0 Å². The van der Waals surface area contributed by atoms with Gasteiger partial charge in [0.15, 0.2) is 0 Å². The molecule has 1 amide bonds. The van der Waals surface area contributed by atoms with Crippen LogP contribution in [0.5, 0.6) is 11.5 Å². The number of rotatable bonds is 10. The molecule has 0 aliphatic heterocycles. The summed E-state index contributed by atoms with van der Waals surface area (Å²) in [6, 6.07) is 20.3. The molecule has 2 aromatic carbocycles. The summed E-state index contributed by atoms with van der Waals surface area (Å²) < 4.78 is 10.7. The molecule has 34 heavy (non-hydrogen) atoms. The first-order chi connectivity index (χ1) is 16.7. The van der Waals surface area contributed by atoms with Crippen LogP contribution in [0.2, 0.25) is 0 Å². The molecule has 0 bridgehead atoms. The number of ether oxygens (including phenoxy) is 2. The average Bonchev–Trinajstić information content (AvgIpc) is 3.63. The third-order valence-corrected chi connectivity index (χ3v) is 6.31. The number of pyridine rings is 1. The Morgan fingerprint density at radius 2 is 1.68 bits per heavy atom. The molecular weight excluding hydrogens is 424 g/mol. The van der Waals surface area contributed by atoms with Crippen molar-refractivity contribution >= 4 is 12.0 Å². The molecule has 5 heteroatoms. The molecule has 0 saturated heterocycles. The van der Waals surface area contributed by atoms with Gasteiger partial charge in [0.05, 0.1) is 14.2 Å². The van der Waals surface area contributed by atoms with Crippen LogP contribution in [0.25, 0.3) is 6.08 Å². The van der Waals surface area contributed by atoms with E-state index in [2.05, 4.69) is 34.6 Å². The molecule has 1 aliphatic rings. The predicted octanol–water partition coefficient (Wildman–Crippen LogP) is 5.18. The SMILES string of the molecule is COc1ccc(C2(c3ccc(OC)cc3)C[C@H]2C=CC(=O)NCCC=Cc2cccnc2)cc1. The van der Waals surface area contributed by atoms with Gasteiger partial charge in [0.25, 0.3) is 0 Å². The largest absolute Gasteiger partial charge is 0.497 e. The van der Waals surface area contributed by atoms with Crippen LogP contribution in [0.1, 0.15) is 29.5 Å². The lowest BCUT2D eigenvalue weighted by atomic mass is 9.85. The number of amides is 1. The van der Waals surface area contributed by atoms with Crippen LogP contribution < -0.4 is 14.8 Å². The molecule has 174 valence electrons. The Bertz CT molecular complexity index is 1090. The number of methoxy groups -OCH3 is 2. The summed E-state index contributed by atoms with van der Waals surface area (Å²) in [5.41, 5.74) is 3.33. The number of nitrogens with one attached hydrogen (secondary N) is 1. The number of allylic oxidation sites excluding steroid dienone is 1. The fraction of sp³-hybridized carbons (Fsp3) is 0.241. The van der Waals surface area contributed by atoms with Gasteiger partial charge in [-0.15, -0.1) is 0 Å². The van der Waals surface area contributed by atoms with Crippen LogP contribution in [0.3, 0.4) is 0 Å². The van der Waals surface area contributed by atoms with Gasteiger partial charge in [-0.05, 0) is 71.9 Å². The van der Waals surface area contributed by atoms with Gasteiger partial charge < -0.3 is 14.8 Å². The van der Waals surface area contributed by atoms with Crippen molar-refractivity contribution < 1.29 is 14.3 Å². The first-order valence-corrected chi connectivity index (χ1v) is 11.5. The van der Waals surface area contributed by atoms with E-state index in [1.807, 2.05) is 60.8 Å². The molecule has 1 saturated carbocycles. The number of carbonyl (C=O) groups is 1. The zero-order chi connectivity index (χ0) is 23.8. The third-order valence-electron chi connectivity index (χ3n) is 6.31. The van der Waals surface area contributed by atoms with Crippen LogP contribution in [-0.4, -0.2) is 31.7 Å². The molecule has 1 aromatic heterocycles. The summed E-state index contributed by atoms with van der Waals surface area (Å²) in [6.45, 7) is 0.590. The van der Waals surface area contributed by atoms with Gasteiger partial charge in [0.2, 0.25) is 5.91 Å². The zero-order valence-electron chi connectivity index (χ0n) is 19.6. The molecule has 3 aromatic rings. The third kappa shape index (κ3) is 5.37. The summed E-state index contributed by atoms with van der Waals surface area (Å²) in [5.74, 6) is 1.84. The van der Waals surface area contributed by atoms with E-state index in [1.165, 1.54) is 11.1 Å². The van der Waals surface area contributed by atoms with Crippen molar-refractivity contribution in [3.8, 4) is 11.5 Å². The van der Waals surface area contributed by atoms with E-state index in [-0.39, 0.29) is 17.2 Å². The smallest absolute Gasteiger partial charge is 0.243 e. The van der Waals surface area contributed by atoms with E-state index in [0.717, 1.165) is 29.9 Å². The van der Waals surface area contributed by atoms with E-state index >= 15 is 0 Å². The highest BCUT2D eigenvalue weighted by molar-refractivity contribution is 5.87. The molecule has 0 unspecified atom stereocenters. The Hall–Kier alpha value is -3.86. The first-order valence-electron chi connectivity index (χ1n) is 11.5. The molecule has 5 nitrogen and oxygen atoms in total. The van der Waals surface area contributed by atoms with Crippen molar-refractivity contribution in [2.24, 2.45) is 5.92 Å². The van der Waals surface area contributed by atoms with Crippen molar-refractivity contribution in [1.82, 2.24) is 10.3 Å². The minimum atomic E-state index is -0.151. The standard InChI is InChI=1S/C29H30N2O3/c1-33-26-13-8-23(9-14-26)29(24-10-15-27(34-2)16-11-24)20-25(29)12-17-28(32)31-19-4-3-6-22-7-5-18-30-21-22/h3,5-18,21,25H,4,19-20H2,1-2H3,(H,31,32)/t25-/m1/s1. The Kier molecular flexibility index (Phi) is 7.43. The lowest BCUT2D eigenvalue weighted by molar-refractivity contribution is -0.116. The number of benzene rings is 2. The molecule has 1 atom stereocenters. The molecule has 1 aliphatic carbocycles. The van der Waals surface area contributed by atoms with Gasteiger partial charge in [-0.2, -0.15) is 0 Å². The number of hydrogen-bond acceptors (Lipinski definition) is 4. The first kappa shape index (κ1) is 23.3. The van der Waals surface area contributed by atoms with E-state index in [9.17, 15) is 4.79 Å². The highest BCUT2D eigenvalue weighted by atomic mass is 16.5. The number of hydrogen-bond donors (Lipinski definition) is 1. The second kappa shape index (κ2) is 10.8. The van der Waals surface area contributed by atoms with Gasteiger partial charge >= 0.3 is 0 Å². The maximum atomic E-state index is 12.4. The second-order valence-electron chi connectivity index (χ2n) is 8.37. The van der Waals surface area contributed by atoms with Gasteiger partial charge in [-0.1, -0.05) is 48.6 Å².